The maximum Gasteiger partial charge on any atom is 0.142 e. The first kappa shape index (κ1) is 10.8. The molecule has 0 radical (unpaired) electrons. The van der Waals surface area contributed by atoms with Crippen molar-refractivity contribution in [2.45, 2.75) is 20.0 Å². The molecule has 1 aromatic carbocycles. The highest BCUT2D eigenvalue weighted by Gasteiger charge is 2.12. The molecular formula is C11H16FNO. The van der Waals surface area contributed by atoms with E-state index in [1.165, 1.54) is 0 Å². The van der Waals surface area contributed by atoms with Crippen LogP contribution in [0, 0.1) is 5.92 Å². The van der Waals surface area contributed by atoms with Crippen molar-refractivity contribution in [3.63, 3.8) is 0 Å². The van der Waals surface area contributed by atoms with Crippen molar-refractivity contribution in [2.75, 3.05) is 12.3 Å². The van der Waals surface area contributed by atoms with Crippen LogP contribution in [0.15, 0.2) is 24.3 Å². The summed E-state index contributed by atoms with van der Waals surface area (Å²) >= 11 is 0. The third-order valence-corrected chi connectivity index (χ3v) is 2.04. The van der Waals surface area contributed by atoms with Gasteiger partial charge in [0.25, 0.3) is 0 Å². The van der Waals surface area contributed by atoms with E-state index in [1.807, 2.05) is 26.0 Å². The quantitative estimate of drug-likeness (QED) is 0.753. The number of hydrogen-bond acceptors (Lipinski definition) is 2. The molecular weight excluding hydrogens is 181 g/mol. The molecule has 1 aromatic rings. The molecule has 0 aliphatic carbocycles. The molecule has 0 amide bonds. The molecule has 0 aromatic heterocycles. The van der Waals surface area contributed by atoms with Gasteiger partial charge in [-0.25, -0.2) is 4.39 Å². The molecule has 0 saturated heterocycles. The summed E-state index contributed by atoms with van der Waals surface area (Å²) in [6.45, 7) is 3.70. The number of hydrogen-bond donors (Lipinski definition) is 1. The third-order valence-electron chi connectivity index (χ3n) is 2.04. The highest BCUT2D eigenvalue weighted by molar-refractivity contribution is 5.51. The lowest BCUT2D eigenvalue weighted by molar-refractivity contribution is 0.156. The Morgan fingerprint density at radius 2 is 2.00 bits per heavy atom. The van der Waals surface area contributed by atoms with E-state index in [4.69, 9.17) is 10.5 Å². The number of benzene rings is 1. The summed E-state index contributed by atoms with van der Waals surface area (Å²) in [5, 5.41) is 0. The Morgan fingerprint density at radius 1 is 1.36 bits per heavy atom. The second-order valence-electron chi connectivity index (χ2n) is 3.61. The van der Waals surface area contributed by atoms with E-state index in [0.717, 1.165) is 0 Å². The van der Waals surface area contributed by atoms with E-state index in [-0.39, 0.29) is 12.5 Å². The second-order valence-corrected chi connectivity index (χ2v) is 3.61. The molecule has 0 spiro atoms. The first-order valence-corrected chi connectivity index (χ1v) is 4.72. The lowest BCUT2D eigenvalue weighted by atomic mass is 10.1. The van der Waals surface area contributed by atoms with Crippen molar-refractivity contribution in [3.8, 4) is 5.75 Å². The number of anilines is 1. The first-order chi connectivity index (χ1) is 6.61. The van der Waals surface area contributed by atoms with Gasteiger partial charge in [-0.15, -0.1) is 0 Å². The topological polar surface area (TPSA) is 35.2 Å². The molecule has 0 bridgehead atoms. The standard InChI is InChI=1S/C11H16FNO/c1-8(2)9(12)7-14-11-6-4-3-5-10(11)13/h3-6,8-9H,7,13H2,1-2H3/t9-/m1/s1. The predicted octanol–water partition coefficient (Wildman–Crippen LogP) is 2.64. The van der Waals surface area contributed by atoms with E-state index in [9.17, 15) is 4.39 Å². The van der Waals surface area contributed by atoms with Gasteiger partial charge in [-0.1, -0.05) is 26.0 Å². The molecule has 0 unspecified atom stereocenters. The average Bonchev–Trinajstić information content (AvgIpc) is 2.16. The van der Waals surface area contributed by atoms with Crippen LogP contribution in [0.25, 0.3) is 0 Å². The molecule has 0 aliphatic rings. The van der Waals surface area contributed by atoms with Crippen LogP contribution in [0.5, 0.6) is 5.75 Å². The number of nitrogen functional groups attached to an aromatic ring is 1. The van der Waals surface area contributed by atoms with Crippen molar-refractivity contribution in [1.82, 2.24) is 0 Å². The third kappa shape index (κ3) is 2.91. The van der Waals surface area contributed by atoms with Crippen LogP contribution in [0.2, 0.25) is 0 Å². The highest BCUT2D eigenvalue weighted by atomic mass is 19.1. The smallest absolute Gasteiger partial charge is 0.142 e. The maximum absolute atomic E-state index is 13.2. The summed E-state index contributed by atoms with van der Waals surface area (Å²) in [6.07, 6.45) is -0.949. The first-order valence-electron chi connectivity index (χ1n) is 4.72. The molecule has 14 heavy (non-hydrogen) atoms. The van der Waals surface area contributed by atoms with Crippen LogP contribution in [-0.2, 0) is 0 Å². The van der Waals surface area contributed by atoms with Crippen LogP contribution >= 0.6 is 0 Å². The molecule has 78 valence electrons. The van der Waals surface area contributed by atoms with Crippen molar-refractivity contribution >= 4 is 5.69 Å². The molecule has 2 nitrogen and oxygen atoms in total. The highest BCUT2D eigenvalue weighted by Crippen LogP contribution is 2.20. The summed E-state index contributed by atoms with van der Waals surface area (Å²) in [5.41, 5.74) is 6.18. The van der Waals surface area contributed by atoms with Gasteiger partial charge in [0.2, 0.25) is 0 Å². The SMILES string of the molecule is CC(C)[C@H](F)COc1ccccc1N. The molecule has 1 atom stereocenters. The van der Waals surface area contributed by atoms with Gasteiger partial charge in [0, 0.05) is 0 Å². The summed E-state index contributed by atoms with van der Waals surface area (Å²) < 4.78 is 18.4. The Hall–Kier alpha value is -1.25. The number of nitrogens with two attached hydrogens (primary N) is 1. The van der Waals surface area contributed by atoms with Crippen molar-refractivity contribution < 1.29 is 9.13 Å². The minimum Gasteiger partial charge on any atom is -0.488 e. The van der Waals surface area contributed by atoms with Gasteiger partial charge in [-0.2, -0.15) is 0 Å². The van der Waals surface area contributed by atoms with Crippen molar-refractivity contribution in [3.05, 3.63) is 24.3 Å². The van der Waals surface area contributed by atoms with Crippen LogP contribution in [0.1, 0.15) is 13.8 Å². The minimum atomic E-state index is -0.949. The molecule has 0 heterocycles. The Balaban J connectivity index is 2.50. The van der Waals surface area contributed by atoms with Gasteiger partial charge in [-0.05, 0) is 18.1 Å². The largest absolute Gasteiger partial charge is 0.488 e. The summed E-state index contributed by atoms with van der Waals surface area (Å²) in [7, 11) is 0. The van der Waals surface area contributed by atoms with E-state index >= 15 is 0 Å². The number of ether oxygens (including phenoxy) is 1. The van der Waals surface area contributed by atoms with Gasteiger partial charge >= 0.3 is 0 Å². The Bertz CT molecular complexity index is 288. The zero-order chi connectivity index (χ0) is 10.6. The fourth-order valence-corrected chi connectivity index (χ4v) is 0.974. The van der Waals surface area contributed by atoms with Gasteiger partial charge in [0.1, 0.15) is 18.5 Å². The molecule has 0 fully saturated rings. The van der Waals surface area contributed by atoms with Gasteiger partial charge in [0.15, 0.2) is 0 Å². The Kier molecular flexibility index (Phi) is 3.74. The monoisotopic (exact) mass is 197 g/mol. The van der Waals surface area contributed by atoms with Crippen LogP contribution in [-0.4, -0.2) is 12.8 Å². The van der Waals surface area contributed by atoms with Gasteiger partial charge < -0.3 is 10.5 Å². The molecule has 0 aliphatic heterocycles. The van der Waals surface area contributed by atoms with Crippen molar-refractivity contribution in [2.24, 2.45) is 5.92 Å². The average molecular weight is 197 g/mol. The summed E-state index contributed by atoms with van der Waals surface area (Å²) in [6, 6.07) is 7.10. The zero-order valence-electron chi connectivity index (χ0n) is 8.53. The Labute approximate surface area is 83.9 Å². The van der Waals surface area contributed by atoms with Crippen LogP contribution < -0.4 is 10.5 Å². The van der Waals surface area contributed by atoms with Crippen LogP contribution in [0.3, 0.4) is 0 Å². The normalized spacial score (nSPS) is 12.9. The molecule has 0 saturated carbocycles. The number of alkyl halides is 1. The summed E-state index contributed by atoms with van der Waals surface area (Å²) in [5.74, 6) is 0.524. The number of para-hydroxylation sites is 2. The van der Waals surface area contributed by atoms with E-state index in [1.54, 1.807) is 12.1 Å². The summed E-state index contributed by atoms with van der Waals surface area (Å²) in [4.78, 5) is 0. The predicted molar refractivity (Wildman–Crippen MR) is 56.1 cm³/mol. The fourth-order valence-electron chi connectivity index (χ4n) is 0.974. The minimum absolute atomic E-state index is 0.0278. The lowest BCUT2D eigenvalue weighted by Gasteiger charge is -2.14. The Morgan fingerprint density at radius 3 is 2.57 bits per heavy atom. The maximum atomic E-state index is 13.2. The van der Waals surface area contributed by atoms with E-state index < -0.39 is 6.17 Å². The molecule has 1 rings (SSSR count). The van der Waals surface area contributed by atoms with E-state index in [2.05, 4.69) is 0 Å². The number of rotatable bonds is 4. The lowest BCUT2D eigenvalue weighted by Crippen LogP contribution is -2.19. The zero-order valence-corrected chi connectivity index (χ0v) is 8.53. The molecule has 2 N–H and O–H groups in total. The molecule has 3 heteroatoms. The van der Waals surface area contributed by atoms with Crippen molar-refractivity contribution in [1.29, 1.82) is 0 Å². The second kappa shape index (κ2) is 4.84. The van der Waals surface area contributed by atoms with Gasteiger partial charge in [0.05, 0.1) is 5.69 Å². The van der Waals surface area contributed by atoms with E-state index in [0.29, 0.717) is 11.4 Å². The number of halogens is 1. The van der Waals surface area contributed by atoms with Gasteiger partial charge in [-0.3, -0.25) is 0 Å². The fraction of sp³-hybridized carbons (Fsp3) is 0.455. The van der Waals surface area contributed by atoms with Crippen LogP contribution in [0.4, 0.5) is 10.1 Å².